The lowest BCUT2D eigenvalue weighted by atomic mass is 10.1. The standard InChI is InChI=1S/C12H22N4O2/c1-9(15-5-3-13-4-6-15)10(2)16-7-11(17)14-12(18)8-16/h9-10,13H,3-8H2,1-2H3,(H,14,17,18). The third-order valence-electron chi connectivity index (χ3n) is 3.97. The van der Waals surface area contributed by atoms with Crippen LogP contribution in [0.1, 0.15) is 13.8 Å². The van der Waals surface area contributed by atoms with Crippen molar-refractivity contribution >= 4 is 11.8 Å². The largest absolute Gasteiger partial charge is 0.314 e. The van der Waals surface area contributed by atoms with E-state index in [1.54, 1.807) is 0 Å². The van der Waals surface area contributed by atoms with Gasteiger partial charge in [0.25, 0.3) is 0 Å². The number of carbonyl (C=O) groups excluding carboxylic acids is 2. The Morgan fingerprint density at radius 2 is 1.44 bits per heavy atom. The normalized spacial score (nSPS) is 26.8. The quantitative estimate of drug-likeness (QED) is 0.608. The van der Waals surface area contributed by atoms with E-state index in [2.05, 4.69) is 29.4 Å². The molecule has 102 valence electrons. The molecule has 2 aliphatic heterocycles. The van der Waals surface area contributed by atoms with E-state index in [0.717, 1.165) is 26.2 Å². The van der Waals surface area contributed by atoms with Crippen LogP contribution in [0.15, 0.2) is 0 Å². The topological polar surface area (TPSA) is 64.7 Å². The van der Waals surface area contributed by atoms with E-state index in [9.17, 15) is 9.59 Å². The molecular weight excluding hydrogens is 232 g/mol. The molecule has 2 unspecified atom stereocenters. The minimum atomic E-state index is -0.189. The molecule has 0 aromatic rings. The van der Waals surface area contributed by atoms with Crippen LogP contribution in [-0.4, -0.2) is 73.0 Å². The van der Waals surface area contributed by atoms with Gasteiger partial charge in [0, 0.05) is 38.3 Å². The first-order valence-electron chi connectivity index (χ1n) is 6.59. The summed E-state index contributed by atoms with van der Waals surface area (Å²) < 4.78 is 0. The zero-order valence-corrected chi connectivity index (χ0v) is 11.1. The zero-order valence-electron chi connectivity index (χ0n) is 11.1. The Kier molecular flexibility index (Phi) is 4.31. The SMILES string of the molecule is CC(C(C)N1CC(=O)NC(=O)C1)N1CCNCC1. The van der Waals surface area contributed by atoms with Crippen molar-refractivity contribution in [3.05, 3.63) is 0 Å². The number of rotatable bonds is 3. The fourth-order valence-electron chi connectivity index (χ4n) is 2.65. The first-order chi connectivity index (χ1) is 8.58. The van der Waals surface area contributed by atoms with Crippen LogP contribution in [0.3, 0.4) is 0 Å². The Hall–Kier alpha value is -0.980. The molecule has 2 fully saturated rings. The van der Waals surface area contributed by atoms with E-state index in [-0.39, 0.29) is 17.9 Å². The van der Waals surface area contributed by atoms with Gasteiger partial charge in [-0.1, -0.05) is 0 Å². The van der Waals surface area contributed by atoms with Gasteiger partial charge in [-0.25, -0.2) is 0 Å². The molecule has 2 rings (SSSR count). The lowest BCUT2D eigenvalue weighted by Gasteiger charge is -2.41. The van der Waals surface area contributed by atoms with Gasteiger partial charge in [0.2, 0.25) is 11.8 Å². The summed E-state index contributed by atoms with van der Waals surface area (Å²) in [6.07, 6.45) is 0. The highest BCUT2D eigenvalue weighted by molar-refractivity contribution is 5.99. The lowest BCUT2D eigenvalue weighted by Crippen LogP contribution is -2.60. The molecule has 0 radical (unpaired) electrons. The van der Waals surface area contributed by atoms with E-state index in [1.807, 2.05) is 4.90 Å². The van der Waals surface area contributed by atoms with Crippen LogP contribution in [0.5, 0.6) is 0 Å². The second kappa shape index (κ2) is 5.77. The number of piperazine rings is 2. The molecule has 0 aliphatic carbocycles. The molecule has 2 heterocycles. The molecule has 2 atom stereocenters. The minimum absolute atomic E-state index is 0.189. The van der Waals surface area contributed by atoms with E-state index in [0.29, 0.717) is 19.1 Å². The molecule has 18 heavy (non-hydrogen) atoms. The Morgan fingerprint density at radius 1 is 0.944 bits per heavy atom. The molecular formula is C12H22N4O2. The number of amides is 2. The van der Waals surface area contributed by atoms with Crippen LogP contribution >= 0.6 is 0 Å². The highest BCUT2D eigenvalue weighted by Crippen LogP contribution is 2.12. The second-order valence-corrected chi connectivity index (χ2v) is 5.14. The summed E-state index contributed by atoms with van der Waals surface area (Å²) in [7, 11) is 0. The van der Waals surface area contributed by atoms with Crippen molar-refractivity contribution in [2.24, 2.45) is 0 Å². The molecule has 0 saturated carbocycles. The first-order valence-corrected chi connectivity index (χ1v) is 6.59. The predicted molar refractivity (Wildman–Crippen MR) is 68.1 cm³/mol. The minimum Gasteiger partial charge on any atom is -0.314 e. The number of imide groups is 1. The van der Waals surface area contributed by atoms with Crippen LogP contribution in [-0.2, 0) is 9.59 Å². The maximum absolute atomic E-state index is 11.4. The summed E-state index contributed by atoms with van der Waals surface area (Å²) in [5.41, 5.74) is 0. The molecule has 0 spiro atoms. The highest BCUT2D eigenvalue weighted by atomic mass is 16.2. The number of hydrogen-bond acceptors (Lipinski definition) is 5. The van der Waals surface area contributed by atoms with Gasteiger partial charge in [-0.15, -0.1) is 0 Å². The number of nitrogens with one attached hydrogen (secondary N) is 2. The summed E-state index contributed by atoms with van der Waals surface area (Å²) in [4.78, 5) is 27.2. The summed E-state index contributed by atoms with van der Waals surface area (Å²) in [5, 5.41) is 5.67. The fourth-order valence-corrected chi connectivity index (χ4v) is 2.65. The maximum atomic E-state index is 11.4. The zero-order chi connectivity index (χ0) is 13.1. The van der Waals surface area contributed by atoms with Gasteiger partial charge >= 0.3 is 0 Å². The summed E-state index contributed by atoms with van der Waals surface area (Å²) in [5.74, 6) is -0.378. The molecule has 6 heteroatoms. The fraction of sp³-hybridized carbons (Fsp3) is 0.833. The molecule has 2 aliphatic rings. The molecule has 0 aromatic heterocycles. The van der Waals surface area contributed by atoms with Gasteiger partial charge in [0.05, 0.1) is 13.1 Å². The van der Waals surface area contributed by atoms with Crippen LogP contribution < -0.4 is 10.6 Å². The first kappa shape index (κ1) is 13.5. The van der Waals surface area contributed by atoms with Crippen LogP contribution in [0.4, 0.5) is 0 Å². The van der Waals surface area contributed by atoms with Crippen molar-refractivity contribution in [3.8, 4) is 0 Å². The molecule has 2 N–H and O–H groups in total. The van der Waals surface area contributed by atoms with Gasteiger partial charge in [0.1, 0.15) is 0 Å². The van der Waals surface area contributed by atoms with E-state index in [4.69, 9.17) is 0 Å². The highest BCUT2D eigenvalue weighted by Gasteiger charge is 2.31. The van der Waals surface area contributed by atoms with Crippen molar-refractivity contribution in [2.45, 2.75) is 25.9 Å². The van der Waals surface area contributed by atoms with Crippen molar-refractivity contribution in [1.29, 1.82) is 0 Å². The summed E-state index contributed by atoms with van der Waals surface area (Å²) >= 11 is 0. The van der Waals surface area contributed by atoms with Crippen LogP contribution in [0.25, 0.3) is 0 Å². The van der Waals surface area contributed by atoms with Crippen LogP contribution in [0, 0.1) is 0 Å². The predicted octanol–water partition coefficient (Wildman–Crippen LogP) is -1.37. The van der Waals surface area contributed by atoms with Gasteiger partial charge in [-0.2, -0.15) is 0 Å². The third-order valence-corrected chi connectivity index (χ3v) is 3.97. The second-order valence-electron chi connectivity index (χ2n) is 5.14. The number of carbonyl (C=O) groups is 2. The van der Waals surface area contributed by atoms with E-state index in [1.165, 1.54) is 0 Å². The summed E-state index contributed by atoms with van der Waals surface area (Å²) in [6, 6.07) is 0.559. The Balaban J connectivity index is 1.94. The smallest absolute Gasteiger partial charge is 0.240 e. The molecule has 0 aromatic carbocycles. The lowest BCUT2D eigenvalue weighted by molar-refractivity contribution is -0.137. The average Bonchev–Trinajstić information content (AvgIpc) is 2.37. The number of hydrogen-bond donors (Lipinski definition) is 2. The van der Waals surface area contributed by atoms with Crippen molar-refractivity contribution in [2.75, 3.05) is 39.3 Å². The summed E-state index contributed by atoms with van der Waals surface area (Å²) in [6.45, 7) is 8.99. The molecule has 0 bridgehead atoms. The molecule has 6 nitrogen and oxygen atoms in total. The van der Waals surface area contributed by atoms with Gasteiger partial charge in [-0.3, -0.25) is 24.7 Å². The molecule has 2 saturated heterocycles. The van der Waals surface area contributed by atoms with Gasteiger partial charge in [0.15, 0.2) is 0 Å². The Morgan fingerprint density at radius 3 is 2.00 bits per heavy atom. The monoisotopic (exact) mass is 254 g/mol. The maximum Gasteiger partial charge on any atom is 0.240 e. The third kappa shape index (κ3) is 3.07. The van der Waals surface area contributed by atoms with E-state index >= 15 is 0 Å². The van der Waals surface area contributed by atoms with E-state index < -0.39 is 0 Å². The Bertz CT molecular complexity index is 312. The average molecular weight is 254 g/mol. The van der Waals surface area contributed by atoms with Crippen molar-refractivity contribution in [1.82, 2.24) is 20.4 Å². The number of nitrogens with zero attached hydrogens (tertiary/aromatic N) is 2. The van der Waals surface area contributed by atoms with Gasteiger partial charge < -0.3 is 5.32 Å². The Labute approximate surface area is 108 Å². The molecule has 2 amide bonds. The van der Waals surface area contributed by atoms with Gasteiger partial charge in [-0.05, 0) is 13.8 Å². The van der Waals surface area contributed by atoms with Crippen molar-refractivity contribution < 1.29 is 9.59 Å². The van der Waals surface area contributed by atoms with Crippen molar-refractivity contribution in [3.63, 3.8) is 0 Å². The van der Waals surface area contributed by atoms with Crippen LogP contribution in [0.2, 0.25) is 0 Å².